The van der Waals surface area contributed by atoms with Crippen LogP contribution in [-0.4, -0.2) is 6.54 Å². The van der Waals surface area contributed by atoms with Gasteiger partial charge in [0.15, 0.2) is 0 Å². The number of benzene rings is 2. The lowest BCUT2D eigenvalue weighted by Gasteiger charge is -2.13. The lowest BCUT2D eigenvalue weighted by Crippen LogP contribution is -2.16. The Kier molecular flexibility index (Phi) is 5.90. The van der Waals surface area contributed by atoms with Crippen LogP contribution in [0.25, 0.3) is 0 Å². The van der Waals surface area contributed by atoms with Gasteiger partial charge in [-0.05, 0) is 36.1 Å². The summed E-state index contributed by atoms with van der Waals surface area (Å²) in [4.78, 5) is 0. The zero-order chi connectivity index (χ0) is 14.4. The fourth-order valence-corrected chi connectivity index (χ4v) is 2.56. The first-order chi connectivity index (χ1) is 9.68. The van der Waals surface area contributed by atoms with Gasteiger partial charge in [0.1, 0.15) is 0 Å². The third-order valence-electron chi connectivity index (χ3n) is 3.47. The first-order valence-corrected chi connectivity index (χ1v) is 7.62. The van der Waals surface area contributed by atoms with E-state index < -0.39 is 0 Å². The molecular formula is C17H19Cl2N. The highest BCUT2D eigenvalue weighted by molar-refractivity contribution is 6.42. The van der Waals surface area contributed by atoms with Gasteiger partial charge in [0.25, 0.3) is 0 Å². The summed E-state index contributed by atoms with van der Waals surface area (Å²) in [6, 6.07) is 16.3. The normalized spacial score (nSPS) is 12.3. The molecule has 0 spiro atoms. The predicted molar refractivity (Wildman–Crippen MR) is 87.6 cm³/mol. The van der Waals surface area contributed by atoms with Crippen LogP contribution < -0.4 is 5.32 Å². The molecule has 0 aromatic heterocycles. The minimum absolute atomic E-state index is 0.554. The number of rotatable bonds is 6. The van der Waals surface area contributed by atoms with E-state index in [0.717, 1.165) is 25.1 Å². The van der Waals surface area contributed by atoms with E-state index in [1.807, 2.05) is 18.2 Å². The van der Waals surface area contributed by atoms with Crippen molar-refractivity contribution in [1.29, 1.82) is 0 Å². The van der Waals surface area contributed by atoms with E-state index in [-0.39, 0.29) is 0 Å². The summed E-state index contributed by atoms with van der Waals surface area (Å²) >= 11 is 12.2. The molecule has 1 unspecified atom stereocenters. The molecule has 0 aliphatic heterocycles. The fourth-order valence-electron chi connectivity index (χ4n) is 2.17. The van der Waals surface area contributed by atoms with Crippen molar-refractivity contribution in [3.63, 3.8) is 0 Å². The van der Waals surface area contributed by atoms with Crippen LogP contribution >= 0.6 is 23.2 Å². The maximum absolute atomic E-state index is 6.16. The topological polar surface area (TPSA) is 12.0 Å². The maximum atomic E-state index is 6.16. The van der Waals surface area contributed by atoms with Gasteiger partial charge in [-0.3, -0.25) is 0 Å². The molecule has 0 amide bonds. The molecule has 0 aliphatic rings. The van der Waals surface area contributed by atoms with Crippen LogP contribution in [0.1, 0.15) is 30.4 Å². The van der Waals surface area contributed by atoms with Gasteiger partial charge in [-0.1, -0.05) is 72.6 Å². The Labute approximate surface area is 130 Å². The van der Waals surface area contributed by atoms with E-state index >= 15 is 0 Å². The second kappa shape index (κ2) is 7.68. The molecule has 1 atom stereocenters. The number of halogens is 2. The Morgan fingerprint density at radius 1 is 1.00 bits per heavy atom. The molecule has 106 valence electrons. The lowest BCUT2D eigenvalue weighted by atomic mass is 9.98. The fraction of sp³-hybridized carbons (Fsp3) is 0.294. The molecule has 0 fully saturated rings. The number of hydrogen-bond donors (Lipinski definition) is 1. The summed E-state index contributed by atoms with van der Waals surface area (Å²) in [5, 5.41) is 4.69. The number of hydrogen-bond acceptors (Lipinski definition) is 1. The first kappa shape index (κ1) is 15.4. The van der Waals surface area contributed by atoms with E-state index in [1.165, 1.54) is 5.56 Å². The van der Waals surface area contributed by atoms with Gasteiger partial charge in [0, 0.05) is 6.54 Å². The molecule has 2 aromatic rings. The van der Waals surface area contributed by atoms with Gasteiger partial charge in [0.05, 0.1) is 10.0 Å². The van der Waals surface area contributed by atoms with Crippen molar-refractivity contribution in [1.82, 2.24) is 5.32 Å². The van der Waals surface area contributed by atoms with Gasteiger partial charge in [-0.15, -0.1) is 0 Å². The molecule has 0 saturated carbocycles. The highest BCUT2D eigenvalue weighted by atomic mass is 35.5. The molecule has 2 aromatic carbocycles. The molecule has 1 N–H and O–H groups in total. The van der Waals surface area contributed by atoms with Gasteiger partial charge in [0.2, 0.25) is 0 Å². The zero-order valence-electron chi connectivity index (χ0n) is 11.6. The molecule has 1 nitrogen and oxygen atoms in total. The molecular weight excluding hydrogens is 289 g/mol. The van der Waals surface area contributed by atoms with Crippen LogP contribution in [0.5, 0.6) is 0 Å². The third kappa shape index (κ3) is 4.24. The molecule has 3 heteroatoms. The monoisotopic (exact) mass is 307 g/mol. The molecule has 0 radical (unpaired) electrons. The molecule has 0 bridgehead atoms. The van der Waals surface area contributed by atoms with Crippen LogP contribution in [-0.2, 0) is 6.54 Å². The van der Waals surface area contributed by atoms with Gasteiger partial charge in [-0.2, -0.15) is 0 Å². The minimum Gasteiger partial charge on any atom is -0.313 e. The van der Waals surface area contributed by atoms with E-state index in [2.05, 4.69) is 42.6 Å². The Morgan fingerprint density at radius 3 is 2.50 bits per heavy atom. The maximum Gasteiger partial charge on any atom is 0.0637 e. The summed E-state index contributed by atoms with van der Waals surface area (Å²) in [5.41, 5.74) is 2.43. The van der Waals surface area contributed by atoms with Gasteiger partial charge >= 0.3 is 0 Å². The van der Waals surface area contributed by atoms with Crippen LogP contribution in [0.2, 0.25) is 10.0 Å². The summed E-state index contributed by atoms with van der Waals surface area (Å²) in [6.45, 7) is 3.96. The number of nitrogens with one attached hydrogen (secondary N) is 1. The highest BCUT2D eigenvalue weighted by Gasteiger charge is 2.06. The Morgan fingerprint density at radius 2 is 1.75 bits per heavy atom. The summed E-state index contributed by atoms with van der Waals surface area (Å²) in [7, 11) is 0. The van der Waals surface area contributed by atoms with Crippen molar-refractivity contribution in [3.8, 4) is 0 Å². The highest BCUT2D eigenvalue weighted by Crippen LogP contribution is 2.25. The van der Waals surface area contributed by atoms with E-state index in [9.17, 15) is 0 Å². The minimum atomic E-state index is 0.554. The smallest absolute Gasteiger partial charge is 0.0637 e. The Hall–Kier alpha value is -1.02. The largest absolute Gasteiger partial charge is 0.313 e. The molecule has 2 rings (SSSR count). The molecule has 20 heavy (non-hydrogen) atoms. The van der Waals surface area contributed by atoms with Crippen molar-refractivity contribution in [2.24, 2.45) is 0 Å². The Balaban J connectivity index is 1.78. The van der Waals surface area contributed by atoms with Gasteiger partial charge in [-0.25, -0.2) is 0 Å². The molecule has 0 saturated heterocycles. The van der Waals surface area contributed by atoms with Crippen molar-refractivity contribution in [2.75, 3.05) is 6.54 Å². The van der Waals surface area contributed by atoms with Gasteiger partial charge < -0.3 is 5.32 Å². The van der Waals surface area contributed by atoms with Crippen molar-refractivity contribution >= 4 is 23.2 Å². The van der Waals surface area contributed by atoms with Crippen LogP contribution in [0.15, 0.2) is 48.5 Å². The van der Waals surface area contributed by atoms with Crippen LogP contribution in [0, 0.1) is 0 Å². The summed E-state index contributed by atoms with van der Waals surface area (Å²) < 4.78 is 0. The average Bonchev–Trinajstić information content (AvgIpc) is 2.48. The predicted octanol–water partition coefficient (Wildman–Crippen LogP) is 5.28. The van der Waals surface area contributed by atoms with Crippen LogP contribution in [0.3, 0.4) is 0 Å². The SMILES string of the molecule is CC(CCNCc1cccc(Cl)c1Cl)c1ccccc1. The van der Waals surface area contributed by atoms with Crippen molar-refractivity contribution in [2.45, 2.75) is 25.8 Å². The summed E-state index contributed by atoms with van der Waals surface area (Å²) in [6.07, 6.45) is 1.10. The zero-order valence-corrected chi connectivity index (χ0v) is 13.1. The second-order valence-electron chi connectivity index (χ2n) is 4.99. The van der Waals surface area contributed by atoms with E-state index in [0.29, 0.717) is 16.0 Å². The quantitative estimate of drug-likeness (QED) is 0.716. The Bertz CT molecular complexity index is 540. The second-order valence-corrected chi connectivity index (χ2v) is 5.78. The molecule has 0 heterocycles. The third-order valence-corrected chi connectivity index (χ3v) is 4.33. The standard InChI is InChI=1S/C17H19Cl2N/c1-13(14-6-3-2-4-7-14)10-11-20-12-15-8-5-9-16(18)17(15)19/h2-9,13,20H,10-12H2,1H3. The van der Waals surface area contributed by atoms with Crippen molar-refractivity contribution in [3.05, 3.63) is 69.7 Å². The first-order valence-electron chi connectivity index (χ1n) is 6.87. The van der Waals surface area contributed by atoms with E-state index in [1.54, 1.807) is 0 Å². The van der Waals surface area contributed by atoms with Crippen LogP contribution in [0.4, 0.5) is 0 Å². The lowest BCUT2D eigenvalue weighted by molar-refractivity contribution is 0.594. The summed E-state index contributed by atoms with van der Waals surface area (Å²) in [5.74, 6) is 0.554. The van der Waals surface area contributed by atoms with E-state index in [4.69, 9.17) is 23.2 Å². The van der Waals surface area contributed by atoms with Crippen molar-refractivity contribution < 1.29 is 0 Å². The molecule has 0 aliphatic carbocycles. The average molecular weight is 308 g/mol.